The summed E-state index contributed by atoms with van der Waals surface area (Å²) in [5, 5.41) is 2.82. The third kappa shape index (κ3) is 5.24. The van der Waals surface area contributed by atoms with E-state index >= 15 is 0 Å². The lowest BCUT2D eigenvalue weighted by molar-refractivity contribution is -0.117. The number of sulfonamides is 1. The Morgan fingerprint density at radius 2 is 2.00 bits per heavy atom. The van der Waals surface area contributed by atoms with Gasteiger partial charge in [0.1, 0.15) is 5.82 Å². The molecule has 1 amide bonds. The Bertz CT molecular complexity index is 1020. The molecule has 1 saturated heterocycles. The van der Waals surface area contributed by atoms with Crippen molar-refractivity contribution in [3.05, 3.63) is 59.4 Å². The van der Waals surface area contributed by atoms with Crippen LogP contribution in [0.1, 0.15) is 24.0 Å². The molecule has 2 aromatic carbocycles. The van der Waals surface area contributed by atoms with Gasteiger partial charge in [-0.05, 0) is 68.1 Å². The number of nitrogens with zero attached hydrogens (tertiary/aromatic N) is 2. The first-order valence-electron chi connectivity index (χ1n) is 9.98. The number of halogens is 1. The van der Waals surface area contributed by atoms with E-state index in [2.05, 4.69) is 10.2 Å². The minimum absolute atomic E-state index is 0.176. The smallest absolute Gasteiger partial charge is 0.242 e. The molecule has 2 aromatic rings. The summed E-state index contributed by atoms with van der Waals surface area (Å²) in [5.41, 5.74) is 1.99. The van der Waals surface area contributed by atoms with E-state index in [0.29, 0.717) is 17.7 Å². The highest BCUT2D eigenvalue weighted by Crippen LogP contribution is 2.24. The van der Waals surface area contributed by atoms with Crippen LogP contribution in [-0.4, -0.2) is 56.8 Å². The Labute approximate surface area is 177 Å². The predicted octanol–water partition coefficient (Wildman–Crippen LogP) is 3.03. The molecule has 1 heterocycles. The van der Waals surface area contributed by atoms with Crippen LogP contribution in [-0.2, 0) is 21.2 Å². The Kier molecular flexibility index (Phi) is 6.90. The molecule has 3 rings (SSSR count). The number of carbonyl (C=O) groups excluding carboxylic acids is 1. The highest BCUT2D eigenvalue weighted by molar-refractivity contribution is 7.89. The number of amides is 1. The molecule has 0 radical (unpaired) electrons. The zero-order valence-corrected chi connectivity index (χ0v) is 18.4. The molecule has 0 bridgehead atoms. The molecule has 30 heavy (non-hydrogen) atoms. The van der Waals surface area contributed by atoms with E-state index in [9.17, 15) is 17.6 Å². The first kappa shape index (κ1) is 22.4. The van der Waals surface area contributed by atoms with Gasteiger partial charge >= 0.3 is 0 Å². The second-order valence-electron chi connectivity index (χ2n) is 7.92. The van der Waals surface area contributed by atoms with Crippen molar-refractivity contribution in [2.75, 3.05) is 32.5 Å². The van der Waals surface area contributed by atoms with Crippen LogP contribution in [0.4, 0.5) is 10.1 Å². The molecule has 1 fully saturated rings. The van der Waals surface area contributed by atoms with Gasteiger partial charge in [-0.25, -0.2) is 17.1 Å². The van der Waals surface area contributed by atoms with E-state index in [0.717, 1.165) is 29.3 Å². The zero-order chi connectivity index (χ0) is 21.9. The van der Waals surface area contributed by atoms with Crippen LogP contribution in [0, 0.1) is 12.7 Å². The van der Waals surface area contributed by atoms with Crippen molar-refractivity contribution in [3.63, 3.8) is 0 Å². The van der Waals surface area contributed by atoms with E-state index in [-0.39, 0.29) is 29.2 Å². The van der Waals surface area contributed by atoms with Crippen molar-refractivity contribution in [2.24, 2.45) is 0 Å². The largest absolute Gasteiger partial charge is 0.325 e. The van der Waals surface area contributed by atoms with Crippen LogP contribution < -0.4 is 5.32 Å². The van der Waals surface area contributed by atoms with Crippen molar-refractivity contribution in [1.82, 2.24) is 9.21 Å². The lowest BCUT2D eigenvalue weighted by Gasteiger charge is -2.24. The molecule has 1 unspecified atom stereocenters. The van der Waals surface area contributed by atoms with Gasteiger partial charge in [0.2, 0.25) is 15.9 Å². The molecule has 1 aliphatic heterocycles. The third-order valence-corrected chi connectivity index (χ3v) is 7.39. The molecule has 1 atom stereocenters. The molecular formula is C22H28FN3O3S. The Balaban J connectivity index is 1.66. The number of hydrogen-bond donors (Lipinski definition) is 1. The van der Waals surface area contributed by atoms with Crippen molar-refractivity contribution >= 4 is 21.6 Å². The van der Waals surface area contributed by atoms with Crippen molar-refractivity contribution in [3.8, 4) is 0 Å². The standard InChI is InChI=1S/C22H28FN3O3S/c1-16-9-10-19(14-21(16)30(28,29)25(2)3)24-22(27)15-26-11-5-8-20(26)13-17-6-4-7-18(23)12-17/h4,6-7,9-10,12,14,20H,5,8,11,13,15H2,1-3H3,(H,24,27). The molecule has 0 saturated carbocycles. The fraction of sp³-hybridized carbons (Fsp3) is 0.409. The first-order valence-corrected chi connectivity index (χ1v) is 11.4. The van der Waals surface area contributed by atoms with Gasteiger partial charge in [0.15, 0.2) is 0 Å². The Morgan fingerprint density at radius 1 is 1.23 bits per heavy atom. The second-order valence-corrected chi connectivity index (χ2v) is 10.0. The van der Waals surface area contributed by atoms with Crippen LogP contribution in [0.3, 0.4) is 0 Å². The normalized spacial score (nSPS) is 17.4. The van der Waals surface area contributed by atoms with Gasteiger partial charge in [0.25, 0.3) is 0 Å². The van der Waals surface area contributed by atoms with Crippen molar-refractivity contribution < 1.29 is 17.6 Å². The lowest BCUT2D eigenvalue weighted by atomic mass is 10.0. The number of aryl methyl sites for hydroxylation is 1. The fourth-order valence-corrected chi connectivity index (χ4v) is 4.95. The number of benzene rings is 2. The maximum atomic E-state index is 13.5. The fourth-order valence-electron chi connectivity index (χ4n) is 3.81. The number of nitrogens with one attached hydrogen (secondary N) is 1. The second kappa shape index (κ2) is 9.24. The maximum absolute atomic E-state index is 13.5. The summed E-state index contributed by atoms with van der Waals surface area (Å²) >= 11 is 0. The Hall–Kier alpha value is -2.29. The number of carbonyl (C=O) groups is 1. The maximum Gasteiger partial charge on any atom is 0.242 e. The molecule has 6 nitrogen and oxygen atoms in total. The van der Waals surface area contributed by atoms with E-state index in [1.165, 1.54) is 32.3 Å². The van der Waals surface area contributed by atoms with Crippen molar-refractivity contribution in [1.29, 1.82) is 0 Å². The summed E-state index contributed by atoms with van der Waals surface area (Å²) in [6.45, 7) is 2.74. The SMILES string of the molecule is Cc1ccc(NC(=O)CN2CCCC2Cc2cccc(F)c2)cc1S(=O)(=O)N(C)C. The minimum atomic E-state index is -3.59. The van der Waals surface area contributed by atoms with Gasteiger partial charge in [-0.15, -0.1) is 0 Å². The number of anilines is 1. The number of hydrogen-bond acceptors (Lipinski definition) is 4. The minimum Gasteiger partial charge on any atom is -0.325 e. The highest BCUT2D eigenvalue weighted by atomic mass is 32.2. The Morgan fingerprint density at radius 3 is 2.70 bits per heavy atom. The molecule has 0 aromatic heterocycles. The van der Waals surface area contributed by atoms with Gasteiger partial charge in [-0.3, -0.25) is 9.69 Å². The summed E-state index contributed by atoms with van der Waals surface area (Å²) in [6, 6.07) is 11.6. The summed E-state index contributed by atoms with van der Waals surface area (Å²) < 4.78 is 39.6. The molecule has 0 aliphatic carbocycles. The summed E-state index contributed by atoms with van der Waals surface area (Å²) in [7, 11) is -0.638. The monoisotopic (exact) mass is 433 g/mol. The molecule has 8 heteroatoms. The molecule has 0 spiro atoms. The molecule has 1 aliphatic rings. The topological polar surface area (TPSA) is 69.7 Å². The van der Waals surface area contributed by atoms with Gasteiger partial charge in [-0.1, -0.05) is 18.2 Å². The lowest BCUT2D eigenvalue weighted by Crippen LogP contribution is -2.37. The van der Waals surface area contributed by atoms with Gasteiger partial charge in [0, 0.05) is 25.8 Å². The zero-order valence-electron chi connectivity index (χ0n) is 17.6. The van der Waals surface area contributed by atoms with Crippen molar-refractivity contribution in [2.45, 2.75) is 37.1 Å². The summed E-state index contributed by atoms with van der Waals surface area (Å²) in [4.78, 5) is 14.9. The van der Waals surface area contributed by atoms with Crippen LogP contribution in [0.5, 0.6) is 0 Å². The van der Waals surface area contributed by atoms with Crippen LogP contribution >= 0.6 is 0 Å². The van der Waals surface area contributed by atoms with Gasteiger partial charge in [-0.2, -0.15) is 0 Å². The highest BCUT2D eigenvalue weighted by Gasteiger charge is 2.27. The molecular weight excluding hydrogens is 405 g/mol. The van der Waals surface area contributed by atoms with E-state index in [1.54, 1.807) is 25.1 Å². The molecule has 1 N–H and O–H groups in total. The summed E-state index contributed by atoms with van der Waals surface area (Å²) in [6.07, 6.45) is 2.64. The van der Waals surface area contributed by atoms with Crippen LogP contribution in [0.15, 0.2) is 47.4 Å². The first-order chi connectivity index (χ1) is 14.2. The third-order valence-electron chi connectivity index (χ3n) is 5.44. The quantitative estimate of drug-likeness (QED) is 0.729. The summed E-state index contributed by atoms with van der Waals surface area (Å²) in [5.74, 6) is -0.448. The molecule has 162 valence electrons. The van der Waals surface area contributed by atoms with Gasteiger partial charge in [0.05, 0.1) is 11.4 Å². The van der Waals surface area contributed by atoms with E-state index in [1.807, 2.05) is 6.07 Å². The van der Waals surface area contributed by atoms with E-state index < -0.39 is 10.0 Å². The van der Waals surface area contributed by atoms with E-state index in [4.69, 9.17) is 0 Å². The average molecular weight is 434 g/mol. The van der Waals surface area contributed by atoms with Crippen LogP contribution in [0.25, 0.3) is 0 Å². The number of likely N-dealkylation sites (tertiary alicyclic amines) is 1. The van der Waals surface area contributed by atoms with Crippen LogP contribution in [0.2, 0.25) is 0 Å². The van der Waals surface area contributed by atoms with Gasteiger partial charge < -0.3 is 5.32 Å². The predicted molar refractivity (Wildman–Crippen MR) is 115 cm³/mol. The average Bonchev–Trinajstić information content (AvgIpc) is 3.09. The number of rotatable bonds is 7.